The monoisotopic (exact) mass is 255 g/mol. The van der Waals surface area contributed by atoms with E-state index in [1.165, 1.54) is 24.8 Å². The molecule has 0 bridgehead atoms. The van der Waals surface area contributed by atoms with Crippen LogP contribution in [0.3, 0.4) is 0 Å². The summed E-state index contributed by atoms with van der Waals surface area (Å²) >= 11 is 3.48. The molecule has 2 rings (SSSR count). The van der Waals surface area contributed by atoms with Crippen molar-refractivity contribution in [3.8, 4) is 0 Å². The number of rotatable bonds is 3. The van der Waals surface area contributed by atoms with E-state index < -0.39 is 0 Å². The SMILES string of the molecule is Nc1ccc(COC2CCC2)c(Br)c1. The number of benzene rings is 1. The van der Waals surface area contributed by atoms with Crippen LogP contribution in [0.25, 0.3) is 0 Å². The molecule has 76 valence electrons. The first kappa shape index (κ1) is 9.99. The highest BCUT2D eigenvalue weighted by atomic mass is 79.9. The molecule has 0 amide bonds. The van der Waals surface area contributed by atoms with Crippen LogP contribution in [0, 0.1) is 0 Å². The Balaban J connectivity index is 1.94. The van der Waals surface area contributed by atoms with E-state index in [0.717, 1.165) is 10.2 Å². The topological polar surface area (TPSA) is 35.2 Å². The summed E-state index contributed by atoms with van der Waals surface area (Å²) in [6.07, 6.45) is 4.23. The van der Waals surface area contributed by atoms with Gasteiger partial charge in [0.05, 0.1) is 12.7 Å². The van der Waals surface area contributed by atoms with Gasteiger partial charge in [0.2, 0.25) is 0 Å². The molecule has 0 aliphatic heterocycles. The minimum atomic E-state index is 0.486. The quantitative estimate of drug-likeness (QED) is 0.843. The summed E-state index contributed by atoms with van der Waals surface area (Å²) in [5, 5.41) is 0. The summed E-state index contributed by atoms with van der Waals surface area (Å²) in [7, 11) is 0. The van der Waals surface area contributed by atoms with Crippen LogP contribution in [0.1, 0.15) is 24.8 Å². The summed E-state index contributed by atoms with van der Waals surface area (Å²) in [4.78, 5) is 0. The highest BCUT2D eigenvalue weighted by Gasteiger charge is 2.17. The number of ether oxygens (including phenoxy) is 1. The highest BCUT2D eigenvalue weighted by molar-refractivity contribution is 9.10. The number of nitrogens with two attached hydrogens (primary N) is 1. The molecule has 14 heavy (non-hydrogen) atoms. The molecule has 0 radical (unpaired) electrons. The van der Waals surface area contributed by atoms with Gasteiger partial charge in [-0.1, -0.05) is 22.0 Å². The van der Waals surface area contributed by atoms with Crippen molar-refractivity contribution in [2.45, 2.75) is 32.0 Å². The molecule has 2 N–H and O–H groups in total. The molecule has 3 heteroatoms. The van der Waals surface area contributed by atoms with Crippen LogP contribution >= 0.6 is 15.9 Å². The van der Waals surface area contributed by atoms with Crippen LogP contribution in [0.15, 0.2) is 22.7 Å². The largest absolute Gasteiger partial charge is 0.399 e. The minimum Gasteiger partial charge on any atom is -0.399 e. The average molecular weight is 256 g/mol. The van der Waals surface area contributed by atoms with Gasteiger partial charge in [0, 0.05) is 10.2 Å². The first-order valence-corrected chi connectivity index (χ1v) is 5.70. The van der Waals surface area contributed by atoms with E-state index in [1.54, 1.807) is 0 Å². The van der Waals surface area contributed by atoms with Crippen molar-refractivity contribution in [1.82, 2.24) is 0 Å². The lowest BCUT2D eigenvalue weighted by Crippen LogP contribution is -2.21. The number of anilines is 1. The van der Waals surface area contributed by atoms with Crippen molar-refractivity contribution in [3.63, 3.8) is 0 Å². The van der Waals surface area contributed by atoms with E-state index >= 15 is 0 Å². The summed E-state index contributed by atoms with van der Waals surface area (Å²) in [6.45, 7) is 0.686. The molecular weight excluding hydrogens is 242 g/mol. The van der Waals surface area contributed by atoms with E-state index in [9.17, 15) is 0 Å². The number of nitrogen functional groups attached to an aromatic ring is 1. The fraction of sp³-hybridized carbons (Fsp3) is 0.455. The van der Waals surface area contributed by atoms with Gasteiger partial charge in [0.25, 0.3) is 0 Å². The van der Waals surface area contributed by atoms with Gasteiger partial charge in [0.15, 0.2) is 0 Å². The minimum absolute atomic E-state index is 0.486. The predicted octanol–water partition coefficient (Wildman–Crippen LogP) is 3.10. The van der Waals surface area contributed by atoms with Crippen LogP contribution in [-0.2, 0) is 11.3 Å². The molecule has 1 aliphatic carbocycles. The van der Waals surface area contributed by atoms with Crippen LogP contribution in [0.2, 0.25) is 0 Å². The predicted molar refractivity (Wildman–Crippen MR) is 61.0 cm³/mol. The number of hydrogen-bond acceptors (Lipinski definition) is 2. The maximum absolute atomic E-state index is 5.71. The van der Waals surface area contributed by atoms with E-state index in [2.05, 4.69) is 15.9 Å². The molecule has 2 nitrogen and oxygen atoms in total. The first-order chi connectivity index (χ1) is 6.75. The third-order valence-electron chi connectivity index (χ3n) is 2.60. The Kier molecular flexibility index (Phi) is 3.08. The molecule has 0 heterocycles. The van der Waals surface area contributed by atoms with E-state index in [0.29, 0.717) is 12.7 Å². The zero-order chi connectivity index (χ0) is 9.97. The highest BCUT2D eigenvalue weighted by Crippen LogP contribution is 2.25. The maximum Gasteiger partial charge on any atom is 0.0731 e. The lowest BCUT2D eigenvalue weighted by Gasteiger charge is -2.25. The van der Waals surface area contributed by atoms with Crippen LogP contribution in [0.5, 0.6) is 0 Å². The number of halogens is 1. The molecule has 0 aromatic heterocycles. The van der Waals surface area contributed by atoms with Gasteiger partial charge < -0.3 is 10.5 Å². The summed E-state index contributed by atoms with van der Waals surface area (Å²) < 4.78 is 6.75. The molecule has 0 unspecified atom stereocenters. The van der Waals surface area contributed by atoms with Gasteiger partial charge >= 0.3 is 0 Å². The van der Waals surface area contributed by atoms with Gasteiger partial charge in [-0.3, -0.25) is 0 Å². The van der Waals surface area contributed by atoms with E-state index in [1.807, 2.05) is 18.2 Å². The van der Waals surface area contributed by atoms with Gasteiger partial charge in [0.1, 0.15) is 0 Å². The summed E-state index contributed by atoms with van der Waals surface area (Å²) in [5.41, 5.74) is 7.60. The normalized spacial score (nSPS) is 16.6. The molecule has 0 spiro atoms. The van der Waals surface area contributed by atoms with Crippen molar-refractivity contribution in [2.24, 2.45) is 0 Å². The fourth-order valence-electron chi connectivity index (χ4n) is 1.43. The van der Waals surface area contributed by atoms with Crippen LogP contribution < -0.4 is 5.73 Å². The van der Waals surface area contributed by atoms with Crippen molar-refractivity contribution in [3.05, 3.63) is 28.2 Å². The lowest BCUT2D eigenvalue weighted by atomic mass is 9.96. The molecule has 1 fully saturated rings. The van der Waals surface area contributed by atoms with Crippen molar-refractivity contribution in [2.75, 3.05) is 5.73 Å². The van der Waals surface area contributed by atoms with Gasteiger partial charge in [-0.05, 0) is 37.0 Å². The Morgan fingerprint density at radius 2 is 2.21 bits per heavy atom. The lowest BCUT2D eigenvalue weighted by molar-refractivity contribution is -0.00888. The molecule has 0 saturated heterocycles. The second-order valence-electron chi connectivity index (χ2n) is 3.71. The van der Waals surface area contributed by atoms with Gasteiger partial charge in [-0.2, -0.15) is 0 Å². The Morgan fingerprint density at radius 1 is 1.43 bits per heavy atom. The Labute approximate surface area is 92.6 Å². The van der Waals surface area contributed by atoms with Crippen molar-refractivity contribution < 1.29 is 4.74 Å². The second-order valence-corrected chi connectivity index (χ2v) is 4.57. The maximum atomic E-state index is 5.71. The molecule has 1 aromatic rings. The molecule has 0 atom stereocenters. The van der Waals surface area contributed by atoms with Gasteiger partial charge in [-0.15, -0.1) is 0 Å². The fourth-order valence-corrected chi connectivity index (χ4v) is 1.94. The van der Waals surface area contributed by atoms with E-state index in [4.69, 9.17) is 10.5 Å². The zero-order valence-corrected chi connectivity index (χ0v) is 9.59. The molecule has 1 aromatic carbocycles. The summed E-state index contributed by atoms with van der Waals surface area (Å²) in [6, 6.07) is 5.84. The zero-order valence-electron chi connectivity index (χ0n) is 8.00. The third kappa shape index (κ3) is 2.28. The van der Waals surface area contributed by atoms with Crippen molar-refractivity contribution in [1.29, 1.82) is 0 Å². The van der Waals surface area contributed by atoms with Crippen LogP contribution in [-0.4, -0.2) is 6.10 Å². The molecule has 1 saturated carbocycles. The smallest absolute Gasteiger partial charge is 0.0731 e. The summed E-state index contributed by atoms with van der Waals surface area (Å²) in [5.74, 6) is 0. The average Bonchev–Trinajstić information content (AvgIpc) is 2.05. The first-order valence-electron chi connectivity index (χ1n) is 4.91. The number of hydrogen-bond donors (Lipinski definition) is 1. The van der Waals surface area contributed by atoms with Gasteiger partial charge in [-0.25, -0.2) is 0 Å². The Hall–Kier alpha value is -0.540. The van der Waals surface area contributed by atoms with E-state index in [-0.39, 0.29) is 0 Å². The Morgan fingerprint density at radius 3 is 2.79 bits per heavy atom. The van der Waals surface area contributed by atoms with Crippen LogP contribution in [0.4, 0.5) is 5.69 Å². The Bertz CT molecular complexity index is 323. The molecular formula is C11H14BrNO. The molecule has 1 aliphatic rings. The second kappa shape index (κ2) is 4.32. The third-order valence-corrected chi connectivity index (χ3v) is 3.34. The van der Waals surface area contributed by atoms with Crippen molar-refractivity contribution >= 4 is 21.6 Å². The standard InChI is InChI=1S/C11H14BrNO/c12-11-6-9(13)5-4-8(11)7-14-10-2-1-3-10/h4-6,10H,1-3,7,13H2.